The van der Waals surface area contributed by atoms with Gasteiger partial charge in [0.1, 0.15) is 11.4 Å². The Morgan fingerprint density at radius 3 is 2.58 bits per heavy atom. The van der Waals surface area contributed by atoms with Crippen molar-refractivity contribution in [2.75, 3.05) is 7.05 Å². The standard InChI is InChI=1S/C14H18N4O/c1-11-17-8-9-18(11)10-14(16-2,13(15)19)12-6-4-3-5-7-12/h3-9,16H,10H2,1-2H3,(H2,15,19). The molecule has 100 valence electrons. The Labute approximate surface area is 112 Å². The first-order chi connectivity index (χ1) is 9.10. The molecule has 1 aromatic heterocycles. The predicted octanol–water partition coefficient (Wildman–Crippen LogP) is 0.792. The fraction of sp³-hybridized carbons (Fsp3) is 0.286. The van der Waals surface area contributed by atoms with E-state index >= 15 is 0 Å². The van der Waals surface area contributed by atoms with Crippen molar-refractivity contribution < 1.29 is 4.79 Å². The van der Waals surface area contributed by atoms with Gasteiger partial charge in [0.2, 0.25) is 5.91 Å². The molecule has 1 atom stereocenters. The highest BCUT2D eigenvalue weighted by Gasteiger charge is 2.37. The van der Waals surface area contributed by atoms with Crippen molar-refractivity contribution in [3.05, 3.63) is 54.1 Å². The van der Waals surface area contributed by atoms with Crippen LogP contribution < -0.4 is 11.1 Å². The number of hydrogen-bond donors (Lipinski definition) is 2. The molecule has 0 bridgehead atoms. The van der Waals surface area contributed by atoms with Gasteiger partial charge >= 0.3 is 0 Å². The summed E-state index contributed by atoms with van der Waals surface area (Å²) in [6.07, 6.45) is 3.55. The fourth-order valence-electron chi connectivity index (χ4n) is 2.21. The van der Waals surface area contributed by atoms with Gasteiger partial charge in [0.15, 0.2) is 0 Å². The van der Waals surface area contributed by atoms with E-state index in [0.717, 1.165) is 11.4 Å². The monoisotopic (exact) mass is 258 g/mol. The largest absolute Gasteiger partial charge is 0.368 e. The van der Waals surface area contributed by atoms with Crippen molar-refractivity contribution in [2.45, 2.75) is 19.0 Å². The van der Waals surface area contributed by atoms with Crippen LogP contribution in [0.1, 0.15) is 11.4 Å². The lowest BCUT2D eigenvalue weighted by molar-refractivity contribution is -0.125. The zero-order chi connectivity index (χ0) is 13.9. The molecule has 0 aliphatic heterocycles. The van der Waals surface area contributed by atoms with Gasteiger partial charge in [-0.15, -0.1) is 0 Å². The number of nitrogens with two attached hydrogens (primary N) is 1. The van der Waals surface area contributed by atoms with Crippen molar-refractivity contribution in [3.63, 3.8) is 0 Å². The average molecular weight is 258 g/mol. The third kappa shape index (κ3) is 2.37. The molecule has 5 nitrogen and oxygen atoms in total. The zero-order valence-electron chi connectivity index (χ0n) is 11.1. The molecule has 1 aromatic carbocycles. The van der Waals surface area contributed by atoms with E-state index in [-0.39, 0.29) is 0 Å². The van der Waals surface area contributed by atoms with Gasteiger partial charge in [-0.2, -0.15) is 0 Å². The van der Waals surface area contributed by atoms with Gasteiger partial charge in [-0.25, -0.2) is 4.98 Å². The molecule has 0 spiro atoms. The average Bonchev–Trinajstić information content (AvgIpc) is 2.82. The van der Waals surface area contributed by atoms with Gasteiger partial charge in [-0.05, 0) is 19.5 Å². The number of aryl methyl sites for hydroxylation is 1. The molecule has 1 amide bonds. The predicted molar refractivity (Wildman–Crippen MR) is 73.3 cm³/mol. The third-order valence-electron chi connectivity index (χ3n) is 3.45. The summed E-state index contributed by atoms with van der Waals surface area (Å²) in [5.41, 5.74) is 5.55. The normalized spacial score (nSPS) is 14.0. The van der Waals surface area contributed by atoms with E-state index < -0.39 is 11.4 Å². The molecule has 0 saturated carbocycles. The minimum Gasteiger partial charge on any atom is -0.368 e. The topological polar surface area (TPSA) is 72.9 Å². The molecule has 0 radical (unpaired) electrons. The van der Waals surface area contributed by atoms with Gasteiger partial charge in [0.05, 0.1) is 6.54 Å². The lowest BCUT2D eigenvalue weighted by Crippen LogP contribution is -2.54. The maximum Gasteiger partial charge on any atom is 0.244 e. The molecule has 0 aliphatic carbocycles. The third-order valence-corrected chi connectivity index (χ3v) is 3.45. The molecule has 1 unspecified atom stereocenters. The van der Waals surface area contributed by atoms with E-state index in [1.807, 2.05) is 48.0 Å². The molecular formula is C14H18N4O. The van der Waals surface area contributed by atoms with Crippen LogP contribution in [0.5, 0.6) is 0 Å². The van der Waals surface area contributed by atoms with Gasteiger partial charge in [0, 0.05) is 12.4 Å². The molecular weight excluding hydrogens is 240 g/mol. The Morgan fingerprint density at radius 2 is 2.11 bits per heavy atom. The highest BCUT2D eigenvalue weighted by Crippen LogP contribution is 2.23. The number of likely N-dealkylation sites (N-methyl/N-ethyl adjacent to an activating group) is 1. The fourth-order valence-corrected chi connectivity index (χ4v) is 2.21. The molecule has 0 saturated heterocycles. The minimum atomic E-state index is -0.938. The summed E-state index contributed by atoms with van der Waals surface area (Å²) in [5, 5.41) is 3.07. The summed E-state index contributed by atoms with van der Waals surface area (Å²) in [7, 11) is 1.74. The van der Waals surface area contributed by atoms with Crippen LogP contribution >= 0.6 is 0 Å². The molecule has 0 fully saturated rings. The second-order valence-electron chi connectivity index (χ2n) is 4.49. The Hall–Kier alpha value is -2.14. The van der Waals surface area contributed by atoms with Crippen LogP contribution in [0.15, 0.2) is 42.7 Å². The van der Waals surface area contributed by atoms with Gasteiger partial charge in [-0.1, -0.05) is 30.3 Å². The summed E-state index contributed by atoms with van der Waals surface area (Å²) in [6.45, 7) is 2.31. The lowest BCUT2D eigenvalue weighted by Gasteiger charge is -2.31. The van der Waals surface area contributed by atoms with E-state index in [4.69, 9.17) is 5.73 Å². The molecule has 3 N–H and O–H groups in total. The minimum absolute atomic E-state index is 0.408. The number of primary amides is 1. The molecule has 2 rings (SSSR count). The van der Waals surface area contributed by atoms with E-state index in [1.54, 1.807) is 13.2 Å². The maximum absolute atomic E-state index is 12.0. The van der Waals surface area contributed by atoms with Gasteiger partial charge < -0.3 is 15.6 Å². The SMILES string of the molecule is CNC(Cn1ccnc1C)(C(N)=O)c1ccccc1. The molecule has 5 heteroatoms. The Morgan fingerprint density at radius 1 is 1.42 bits per heavy atom. The summed E-state index contributed by atoms with van der Waals surface area (Å²) in [6, 6.07) is 9.49. The molecule has 1 heterocycles. The lowest BCUT2D eigenvalue weighted by atomic mass is 9.89. The summed E-state index contributed by atoms with van der Waals surface area (Å²) in [4.78, 5) is 16.2. The van der Waals surface area contributed by atoms with Crippen LogP contribution in [0, 0.1) is 6.92 Å². The van der Waals surface area contributed by atoms with E-state index in [0.29, 0.717) is 6.54 Å². The number of carbonyl (C=O) groups excluding carboxylic acids is 1. The van der Waals surface area contributed by atoms with Crippen LogP contribution in [-0.4, -0.2) is 22.5 Å². The number of imidazole rings is 1. The molecule has 19 heavy (non-hydrogen) atoms. The molecule has 0 aliphatic rings. The smallest absolute Gasteiger partial charge is 0.244 e. The second-order valence-corrected chi connectivity index (χ2v) is 4.49. The Balaban J connectivity index is 2.47. The van der Waals surface area contributed by atoms with E-state index in [9.17, 15) is 4.79 Å². The van der Waals surface area contributed by atoms with Crippen molar-refractivity contribution in [2.24, 2.45) is 5.73 Å². The first kappa shape index (κ1) is 13.3. The molecule has 2 aromatic rings. The number of hydrogen-bond acceptors (Lipinski definition) is 3. The van der Waals surface area contributed by atoms with Crippen molar-refractivity contribution in [1.29, 1.82) is 0 Å². The Kier molecular flexibility index (Phi) is 3.66. The van der Waals surface area contributed by atoms with Crippen molar-refractivity contribution >= 4 is 5.91 Å². The number of nitrogens with zero attached hydrogens (tertiary/aromatic N) is 2. The summed E-state index contributed by atoms with van der Waals surface area (Å²) >= 11 is 0. The van der Waals surface area contributed by atoms with E-state index in [2.05, 4.69) is 10.3 Å². The van der Waals surface area contributed by atoms with Crippen LogP contribution in [-0.2, 0) is 16.9 Å². The first-order valence-electron chi connectivity index (χ1n) is 6.12. The van der Waals surface area contributed by atoms with Crippen molar-refractivity contribution in [3.8, 4) is 0 Å². The zero-order valence-corrected chi connectivity index (χ0v) is 11.1. The van der Waals surface area contributed by atoms with Crippen LogP contribution in [0.4, 0.5) is 0 Å². The highest BCUT2D eigenvalue weighted by atomic mass is 16.1. The summed E-state index contributed by atoms with van der Waals surface area (Å²) < 4.78 is 1.91. The van der Waals surface area contributed by atoms with Crippen LogP contribution in [0.3, 0.4) is 0 Å². The number of aromatic nitrogens is 2. The van der Waals surface area contributed by atoms with Crippen LogP contribution in [0.25, 0.3) is 0 Å². The number of benzene rings is 1. The first-order valence-corrected chi connectivity index (χ1v) is 6.12. The van der Waals surface area contributed by atoms with Crippen LogP contribution in [0.2, 0.25) is 0 Å². The number of nitrogens with one attached hydrogen (secondary N) is 1. The number of carbonyl (C=O) groups is 1. The second kappa shape index (κ2) is 5.24. The van der Waals surface area contributed by atoms with E-state index in [1.165, 1.54) is 0 Å². The van der Waals surface area contributed by atoms with Gasteiger partial charge in [-0.3, -0.25) is 4.79 Å². The quantitative estimate of drug-likeness (QED) is 0.833. The number of rotatable bonds is 5. The Bertz CT molecular complexity index is 564. The number of amides is 1. The maximum atomic E-state index is 12.0. The van der Waals surface area contributed by atoms with Gasteiger partial charge in [0.25, 0.3) is 0 Å². The summed E-state index contributed by atoms with van der Waals surface area (Å²) in [5.74, 6) is 0.436. The van der Waals surface area contributed by atoms with Crippen molar-refractivity contribution in [1.82, 2.24) is 14.9 Å². The highest BCUT2D eigenvalue weighted by molar-refractivity contribution is 5.86.